The number of hydrogen-bond acceptors (Lipinski definition) is 5. The summed E-state index contributed by atoms with van der Waals surface area (Å²) in [4.78, 5) is 9.03. The monoisotopic (exact) mass is 295 g/mol. The molecule has 120 valence electrons. The van der Waals surface area contributed by atoms with Crippen LogP contribution in [0.3, 0.4) is 0 Å². The summed E-state index contributed by atoms with van der Waals surface area (Å²) in [7, 11) is 1.72. The summed E-state index contributed by atoms with van der Waals surface area (Å²) in [6, 6.07) is 0. The number of aryl methyl sites for hydroxylation is 1. The van der Waals surface area contributed by atoms with Crippen molar-refractivity contribution in [2.75, 3.05) is 25.6 Å². The lowest BCUT2D eigenvalue weighted by Crippen LogP contribution is -2.25. The maximum atomic E-state index is 5.87. The third kappa shape index (κ3) is 5.50. The van der Waals surface area contributed by atoms with Gasteiger partial charge in [-0.05, 0) is 27.2 Å². The lowest BCUT2D eigenvalue weighted by Gasteiger charge is -2.23. The largest absolute Gasteiger partial charge is 0.477 e. The number of rotatable bonds is 9. The Morgan fingerprint density at radius 2 is 1.90 bits per heavy atom. The van der Waals surface area contributed by atoms with Gasteiger partial charge in [0.1, 0.15) is 11.6 Å². The normalized spacial score (nSPS) is 11.5. The Morgan fingerprint density at radius 3 is 2.48 bits per heavy atom. The molecule has 0 unspecified atom stereocenters. The van der Waals surface area contributed by atoms with Crippen LogP contribution in [0.15, 0.2) is 0 Å². The van der Waals surface area contributed by atoms with Crippen LogP contribution in [0.5, 0.6) is 5.88 Å². The Bertz CT molecular complexity index is 447. The Hall–Kier alpha value is -1.36. The van der Waals surface area contributed by atoms with Crippen LogP contribution in [0, 0.1) is 6.92 Å². The van der Waals surface area contributed by atoms with Gasteiger partial charge < -0.3 is 14.8 Å². The number of nitrogens with one attached hydrogen (secondary N) is 1. The average molecular weight is 295 g/mol. The average Bonchev–Trinajstić information content (AvgIpc) is 2.47. The molecule has 0 bridgehead atoms. The highest BCUT2D eigenvalue weighted by molar-refractivity contribution is 5.48. The molecule has 0 aliphatic rings. The first kappa shape index (κ1) is 17.7. The molecule has 0 aromatic carbocycles. The van der Waals surface area contributed by atoms with Gasteiger partial charge in [0.15, 0.2) is 0 Å². The zero-order valence-electron chi connectivity index (χ0n) is 14.2. The van der Waals surface area contributed by atoms with Crippen LogP contribution in [0.4, 0.5) is 5.82 Å². The molecule has 1 aromatic rings. The molecule has 0 amide bonds. The quantitative estimate of drug-likeness (QED) is 0.757. The fraction of sp³-hybridized carbons (Fsp3) is 0.750. The van der Waals surface area contributed by atoms with E-state index in [4.69, 9.17) is 9.47 Å². The second-order valence-electron chi connectivity index (χ2n) is 5.76. The number of aromatic nitrogens is 2. The third-order valence-electron chi connectivity index (χ3n) is 3.50. The molecule has 21 heavy (non-hydrogen) atoms. The van der Waals surface area contributed by atoms with Gasteiger partial charge in [0.25, 0.3) is 0 Å². The number of methoxy groups -OCH3 is 1. The fourth-order valence-electron chi connectivity index (χ4n) is 1.75. The van der Waals surface area contributed by atoms with E-state index in [0.717, 1.165) is 43.0 Å². The minimum Gasteiger partial charge on any atom is -0.477 e. The first-order valence-corrected chi connectivity index (χ1v) is 7.72. The SMILES string of the molecule is CCCNc1nc(CC)nc(OCCC(C)(C)OC)c1C. The highest BCUT2D eigenvalue weighted by Crippen LogP contribution is 2.23. The van der Waals surface area contributed by atoms with Crippen LogP contribution in [0.1, 0.15) is 51.9 Å². The van der Waals surface area contributed by atoms with Gasteiger partial charge in [0.2, 0.25) is 5.88 Å². The molecule has 1 aromatic heterocycles. The Morgan fingerprint density at radius 1 is 1.19 bits per heavy atom. The van der Waals surface area contributed by atoms with E-state index in [9.17, 15) is 0 Å². The summed E-state index contributed by atoms with van der Waals surface area (Å²) in [6.07, 6.45) is 2.66. The molecular weight excluding hydrogens is 266 g/mol. The van der Waals surface area contributed by atoms with Crippen molar-refractivity contribution in [2.24, 2.45) is 0 Å². The minimum atomic E-state index is -0.183. The number of hydrogen-bond donors (Lipinski definition) is 1. The van der Waals surface area contributed by atoms with Crippen molar-refractivity contribution in [1.29, 1.82) is 0 Å². The molecule has 0 saturated carbocycles. The standard InChI is InChI=1S/C16H29N3O2/c1-7-10-17-14-12(3)15(19-13(8-2)18-14)21-11-9-16(4,5)20-6/h7-11H2,1-6H3,(H,17,18,19). The van der Waals surface area contributed by atoms with Gasteiger partial charge >= 0.3 is 0 Å². The molecule has 0 aliphatic heterocycles. The summed E-state index contributed by atoms with van der Waals surface area (Å²) in [5, 5.41) is 3.34. The zero-order chi connectivity index (χ0) is 15.9. The molecule has 0 saturated heterocycles. The summed E-state index contributed by atoms with van der Waals surface area (Å²) in [6.45, 7) is 11.8. The lowest BCUT2D eigenvalue weighted by atomic mass is 10.1. The van der Waals surface area contributed by atoms with E-state index in [1.165, 1.54) is 0 Å². The maximum Gasteiger partial charge on any atom is 0.221 e. The van der Waals surface area contributed by atoms with Crippen molar-refractivity contribution in [1.82, 2.24) is 9.97 Å². The van der Waals surface area contributed by atoms with Crippen molar-refractivity contribution in [2.45, 2.75) is 59.5 Å². The van der Waals surface area contributed by atoms with Gasteiger partial charge in [-0.3, -0.25) is 0 Å². The highest BCUT2D eigenvalue weighted by Gasteiger charge is 2.17. The van der Waals surface area contributed by atoms with E-state index >= 15 is 0 Å². The molecule has 5 nitrogen and oxygen atoms in total. The van der Waals surface area contributed by atoms with Crippen LogP contribution >= 0.6 is 0 Å². The van der Waals surface area contributed by atoms with Gasteiger partial charge in [-0.1, -0.05) is 13.8 Å². The highest BCUT2D eigenvalue weighted by atomic mass is 16.5. The first-order chi connectivity index (χ1) is 9.93. The van der Waals surface area contributed by atoms with Crippen LogP contribution in [0.25, 0.3) is 0 Å². The molecule has 0 fully saturated rings. The van der Waals surface area contributed by atoms with Crippen LogP contribution in [-0.2, 0) is 11.2 Å². The van der Waals surface area contributed by atoms with Gasteiger partial charge in [-0.15, -0.1) is 0 Å². The summed E-state index contributed by atoms with van der Waals surface area (Å²) in [5.74, 6) is 2.36. The smallest absolute Gasteiger partial charge is 0.221 e. The van der Waals surface area contributed by atoms with Gasteiger partial charge in [0.05, 0.1) is 17.8 Å². The number of nitrogens with zero attached hydrogens (tertiary/aromatic N) is 2. The molecule has 1 heterocycles. The van der Waals surface area contributed by atoms with Gasteiger partial charge in [0, 0.05) is 26.5 Å². The van der Waals surface area contributed by atoms with E-state index < -0.39 is 0 Å². The van der Waals surface area contributed by atoms with Gasteiger partial charge in [-0.2, -0.15) is 4.98 Å². The predicted molar refractivity (Wildman–Crippen MR) is 86.1 cm³/mol. The molecule has 0 spiro atoms. The van der Waals surface area contributed by atoms with E-state index in [1.54, 1.807) is 7.11 Å². The first-order valence-electron chi connectivity index (χ1n) is 7.72. The zero-order valence-corrected chi connectivity index (χ0v) is 14.2. The number of anilines is 1. The summed E-state index contributed by atoms with van der Waals surface area (Å²) in [5.41, 5.74) is 0.786. The maximum absolute atomic E-state index is 5.87. The molecular formula is C16H29N3O2. The summed E-state index contributed by atoms with van der Waals surface area (Å²) >= 11 is 0. The van der Waals surface area contributed by atoms with Crippen molar-refractivity contribution in [3.63, 3.8) is 0 Å². The minimum absolute atomic E-state index is 0.183. The molecule has 1 rings (SSSR count). The van der Waals surface area contributed by atoms with Gasteiger partial charge in [-0.25, -0.2) is 4.98 Å². The fourth-order valence-corrected chi connectivity index (χ4v) is 1.75. The number of ether oxygens (including phenoxy) is 2. The Balaban J connectivity index is 2.80. The van der Waals surface area contributed by atoms with Crippen molar-refractivity contribution in [3.8, 4) is 5.88 Å². The van der Waals surface area contributed by atoms with Crippen LogP contribution < -0.4 is 10.1 Å². The molecule has 0 radical (unpaired) electrons. The molecule has 0 aliphatic carbocycles. The Labute approximate surface area is 128 Å². The predicted octanol–water partition coefficient (Wildman–Crippen LogP) is 3.36. The van der Waals surface area contributed by atoms with E-state index in [0.29, 0.717) is 12.5 Å². The van der Waals surface area contributed by atoms with E-state index in [1.807, 2.05) is 13.8 Å². The van der Waals surface area contributed by atoms with Crippen LogP contribution in [-0.4, -0.2) is 35.8 Å². The van der Waals surface area contributed by atoms with E-state index in [2.05, 4.69) is 36.1 Å². The topological polar surface area (TPSA) is 56.3 Å². The molecule has 0 atom stereocenters. The Kier molecular flexibility index (Phi) is 6.89. The molecule has 5 heteroatoms. The lowest BCUT2D eigenvalue weighted by molar-refractivity contribution is 0.00500. The van der Waals surface area contributed by atoms with E-state index in [-0.39, 0.29) is 5.60 Å². The third-order valence-corrected chi connectivity index (χ3v) is 3.50. The van der Waals surface area contributed by atoms with Crippen LogP contribution in [0.2, 0.25) is 0 Å². The van der Waals surface area contributed by atoms with Crippen molar-refractivity contribution >= 4 is 5.82 Å². The summed E-state index contributed by atoms with van der Waals surface area (Å²) < 4.78 is 11.3. The second kappa shape index (κ2) is 8.17. The van der Waals surface area contributed by atoms with Crippen molar-refractivity contribution in [3.05, 3.63) is 11.4 Å². The molecule has 1 N–H and O–H groups in total. The second-order valence-corrected chi connectivity index (χ2v) is 5.76. The van der Waals surface area contributed by atoms with Crippen molar-refractivity contribution < 1.29 is 9.47 Å².